The third-order valence-corrected chi connectivity index (χ3v) is 4.48. The molecule has 1 aromatic heterocycles. The summed E-state index contributed by atoms with van der Waals surface area (Å²) < 4.78 is 0. The highest BCUT2D eigenvalue weighted by molar-refractivity contribution is 6.30. The van der Waals surface area contributed by atoms with Crippen LogP contribution < -0.4 is 16.4 Å². The van der Waals surface area contributed by atoms with Crippen LogP contribution in [0.25, 0.3) is 0 Å². The molecule has 2 amide bonds. The molecule has 3 rings (SSSR count). The van der Waals surface area contributed by atoms with Crippen molar-refractivity contribution in [2.45, 2.75) is 18.9 Å². The highest BCUT2D eigenvalue weighted by atomic mass is 35.5. The minimum Gasteiger partial charge on any atom is -0.364 e. The number of nitrogens with two attached hydrogens (primary N) is 1. The molecule has 2 aromatic rings. The number of benzene rings is 1. The van der Waals surface area contributed by atoms with Gasteiger partial charge in [0.25, 0.3) is 5.91 Å². The second-order valence-electron chi connectivity index (χ2n) is 6.30. The molecule has 1 aromatic carbocycles. The second-order valence-corrected chi connectivity index (χ2v) is 6.74. The van der Waals surface area contributed by atoms with E-state index >= 15 is 0 Å². The number of carbonyl (C=O) groups excluding carboxylic acids is 2. The topological polar surface area (TPSA) is 126 Å². The van der Waals surface area contributed by atoms with Crippen molar-refractivity contribution in [2.24, 2.45) is 5.73 Å². The minimum atomic E-state index is -0.753. The molecule has 1 aliphatic heterocycles. The lowest BCUT2D eigenvalue weighted by Crippen LogP contribution is -2.44. The van der Waals surface area contributed by atoms with Gasteiger partial charge in [-0.2, -0.15) is 4.98 Å². The average molecular weight is 402 g/mol. The normalized spacial score (nSPS) is 16.3. The van der Waals surface area contributed by atoms with Crippen LogP contribution in [0.1, 0.15) is 23.3 Å². The van der Waals surface area contributed by atoms with Gasteiger partial charge in [-0.3, -0.25) is 9.59 Å². The van der Waals surface area contributed by atoms with Gasteiger partial charge in [-0.1, -0.05) is 24.2 Å². The molecule has 0 saturated carbocycles. The van der Waals surface area contributed by atoms with Crippen LogP contribution in [0.5, 0.6) is 0 Å². The summed E-state index contributed by atoms with van der Waals surface area (Å²) in [5, 5.41) is 14.5. The van der Waals surface area contributed by atoms with Gasteiger partial charge >= 0.3 is 0 Å². The van der Waals surface area contributed by atoms with Crippen LogP contribution in [-0.2, 0) is 4.79 Å². The fourth-order valence-electron chi connectivity index (χ4n) is 2.95. The zero-order chi connectivity index (χ0) is 20.1. The van der Waals surface area contributed by atoms with E-state index in [9.17, 15) is 9.59 Å². The summed E-state index contributed by atoms with van der Waals surface area (Å²) in [5.41, 5.74) is 5.92. The van der Waals surface area contributed by atoms with Crippen molar-refractivity contribution < 1.29 is 9.59 Å². The first-order chi connectivity index (χ1) is 13.5. The monoisotopic (exact) mass is 401 g/mol. The van der Waals surface area contributed by atoms with Gasteiger partial charge in [0.15, 0.2) is 11.5 Å². The first-order valence-electron chi connectivity index (χ1n) is 8.71. The summed E-state index contributed by atoms with van der Waals surface area (Å²) in [5.74, 6) is -0.469. The molecule has 0 bridgehead atoms. The number of nitrogens with zero attached hydrogens (tertiary/aromatic N) is 4. The van der Waals surface area contributed by atoms with E-state index in [4.69, 9.17) is 17.3 Å². The van der Waals surface area contributed by atoms with Gasteiger partial charge in [0, 0.05) is 29.8 Å². The van der Waals surface area contributed by atoms with E-state index in [1.165, 1.54) is 6.08 Å². The summed E-state index contributed by atoms with van der Waals surface area (Å²) >= 11 is 5.99. The van der Waals surface area contributed by atoms with Crippen molar-refractivity contribution in [1.82, 2.24) is 20.1 Å². The van der Waals surface area contributed by atoms with Crippen LogP contribution in [0.3, 0.4) is 0 Å². The number of hydrogen-bond donors (Lipinski definition) is 3. The molecular formula is C18H20ClN7O2. The molecule has 28 heavy (non-hydrogen) atoms. The highest BCUT2D eigenvalue weighted by Gasteiger charge is 2.23. The number of halogens is 1. The molecule has 1 fully saturated rings. The number of likely N-dealkylation sites (tertiary alicyclic amines) is 1. The van der Waals surface area contributed by atoms with Gasteiger partial charge in [-0.25, -0.2) is 0 Å². The maximum Gasteiger partial charge on any atom is 0.273 e. The molecule has 1 unspecified atom stereocenters. The summed E-state index contributed by atoms with van der Waals surface area (Å²) in [4.78, 5) is 29.6. The number of primary amides is 1. The SMILES string of the molecule is C=CC(=O)N1CCCC(Nc2nnc(C(N)=O)c(Nc3cccc(Cl)c3)n2)C1. The lowest BCUT2D eigenvalue weighted by molar-refractivity contribution is -0.127. The molecule has 10 heteroatoms. The number of nitrogens with one attached hydrogen (secondary N) is 2. The Labute approximate surface area is 167 Å². The molecule has 146 valence electrons. The zero-order valence-electron chi connectivity index (χ0n) is 15.1. The Hall–Kier alpha value is -3.20. The Bertz CT molecular complexity index is 905. The Morgan fingerprint density at radius 1 is 1.36 bits per heavy atom. The number of hydrogen-bond acceptors (Lipinski definition) is 7. The first-order valence-corrected chi connectivity index (χ1v) is 9.09. The second kappa shape index (κ2) is 8.66. The van der Waals surface area contributed by atoms with E-state index in [1.807, 2.05) is 0 Å². The molecule has 1 atom stereocenters. The number of aromatic nitrogens is 3. The van der Waals surface area contributed by atoms with Gasteiger partial charge in [0.2, 0.25) is 11.9 Å². The maximum absolute atomic E-state index is 11.8. The smallest absolute Gasteiger partial charge is 0.273 e. The summed E-state index contributed by atoms with van der Waals surface area (Å²) in [6.07, 6.45) is 2.99. The molecule has 9 nitrogen and oxygen atoms in total. The molecule has 4 N–H and O–H groups in total. The molecule has 1 aliphatic rings. The van der Waals surface area contributed by atoms with Crippen molar-refractivity contribution in [1.29, 1.82) is 0 Å². The molecule has 1 saturated heterocycles. The highest BCUT2D eigenvalue weighted by Crippen LogP contribution is 2.22. The van der Waals surface area contributed by atoms with E-state index < -0.39 is 5.91 Å². The van der Waals surface area contributed by atoms with E-state index in [0.29, 0.717) is 23.8 Å². The molecular weight excluding hydrogens is 382 g/mol. The van der Waals surface area contributed by atoms with Crippen LogP contribution >= 0.6 is 11.6 Å². The fraction of sp³-hybridized carbons (Fsp3) is 0.278. The van der Waals surface area contributed by atoms with Gasteiger partial charge in [-0.15, -0.1) is 10.2 Å². The maximum atomic E-state index is 11.8. The Morgan fingerprint density at radius 2 is 2.18 bits per heavy atom. The van der Waals surface area contributed by atoms with E-state index in [1.54, 1.807) is 29.2 Å². The van der Waals surface area contributed by atoms with Crippen molar-refractivity contribution in [3.63, 3.8) is 0 Å². The van der Waals surface area contributed by atoms with Crippen LogP contribution in [0, 0.1) is 0 Å². The number of piperidine rings is 1. The van der Waals surface area contributed by atoms with Crippen molar-refractivity contribution >= 4 is 40.9 Å². The van der Waals surface area contributed by atoms with E-state index in [-0.39, 0.29) is 29.4 Å². The van der Waals surface area contributed by atoms with E-state index in [0.717, 1.165) is 12.8 Å². The van der Waals surface area contributed by atoms with Gasteiger partial charge in [0.05, 0.1) is 0 Å². The predicted molar refractivity (Wildman–Crippen MR) is 107 cm³/mol. The number of carbonyl (C=O) groups is 2. The summed E-state index contributed by atoms with van der Waals surface area (Å²) in [6.45, 7) is 4.71. The first kappa shape index (κ1) is 19.6. The van der Waals surface area contributed by atoms with E-state index in [2.05, 4.69) is 32.4 Å². The van der Waals surface area contributed by atoms with Crippen molar-refractivity contribution in [2.75, 3.05) is 23.7 Å². The lowest BCUT2D eigenvalue weighted by Gasteiger charge is -2.32. The summed E-state index contributed by atoms with van der Waals surface area (Å²) in [6, 6.07) is 6.90. The largest absolute Gasteiger partial charge is 0.364 e. The Kier molecular flexibility index (Phi) is 6.05. The molecule has 0 aliphatic carbocycles. The van der Waals surface area contributed by atoms with Crippen molar-refractivity contribution in [3.05, 3.63) is 47.6 Å². The molecule has 2 heterocycles. The van der Waals surface area contributed by atoms with Crippen molar-refractivity contribution in [3.8, 4) is 0 Å². The van der Waals surface area contributed by atoms with Crippen LogP contribution in [0.2, 0.25) is 5.02 Å². The number of amides is 2. The lowest BCUT2D eigenvalue weighted by atomic mass is 10.1. The molecule has 0 radical (unpaired) electrons. The van der Waals surface area contributed by atoms with Gasteiger partial charge in [0.1, 0.15) is 0 Å². The van der Waals surface area contributed by atoms with Crippen LogP contribution in [0.4, 0.5) is 17.5 Å². The Balaban J connectivity index is 1.79. The standard InChI is InChI=1S/C18H20ClN7O2/c1-2-14(27)26-8-4-7-13(10-26)22-18-23-17(15(16(20)28)24-25-18)21-12-6-3-5-11(19)9-12/h2-3,5-6,9,13H,1,4,7-8,10H2,(H2,20,28)(H2,21,22,23,25). The minimum absolute atomic E-state index is 0.0436. The zero-order valence-corrected chi connectivity index (χ0v) is 15.8. The predicted octanol–water partition coefficient (Wildman–Crippen LogP) is 1.96. The third kappa shape index (κ3) is 4.74. The quantitative estimate of drug-likeness (QED) is 0.631. The van der Waals surface area contributed by atoms with Crippen LogP contribution in [0.15, 0.2) is 36.9 Å². The van der Waals surface area contributed by atoms with Gasteiger partial charge in [-0.05, 0) is 37.1 Å². The molecule has 0 spiro atoms. The average Bonchev–Trinajstić information content (AvgIpc) is 2.67. The third-order valence-electron chi connectivity index (χ3n) is 4.25. The fourth-order valence-corrected chi connectivity index (χ4v) is 3.14. The number of anilines is 3. The summed E-state index contributed by atoms with van der Waals surface area (Å²) in [7, 11) is 0. The van der Waals surface area contributed by atoms with Gasteiger partial charge < -0.3 is 21.3 Å². The van der Waals surface area contributed by atoms with Crippen LogP contribution in [-0.4, -0.2) is 51.0 Å². The number of rotatable bonds is 6. The Morgan fingerprint density at radius 3 is 2.89 bits per heavy atom.